The number of hydrogen-bond acceptors (Lipinski definition) is 0. The van der Waals surface area contributed by atoms with E-state index in [9.17, 15) is 0 Å². The minimum atomic E-state index is -2.43. The van der Waals surface area contributed by atoms with Crippen LogP contribution in [0.1, 0.15) is 37.8 Å². The van der Waals surface area contributed by atoms with Gasteiger partial charge in [0.1, 0.15) is 0 Å². The van der Waals surface area contributed by atoms with E-state index in [1.54, 1.807) is 0 Å². The molecule has 5 heteroatoms. The molecule has 2 aliphatic rings. The normalized spacial score (nSPS) is 14.8. The van der Waals surface area contributed by atoms with Crippen LogP contribution in [0.2, 0.25) is 8.87 Å². The van der Waals surface area contributed by atoms with Crippen LogP contribution in [0.15, 0.2) is 24.3 Å². The number of benzene rings is 1. The molecule has 1 aromatic rings. The van der Waals surface area contributed by atoms with Crippen molar-refractivity contribution < 1.29 is 0 Å². The predicted molar refractivity (Wildman–Crippen MR) is 108 cm³/mol. The van der Waals surface area contributed by atoms with Crippen LogP contribution < -0.4 is 0 Å². The van der Waals surface area contributed by atoms with Gasteiger partial charge < -0.3 is 10.6 Å². The average molecular weight is 458 g/mol. The molecule has 0 saturated carbocycles. The van der Waals surface area contributed by atoms with Crippen molar-refractivity contribution in [1.29, 1.82) is 0 Å². The summed E-state index contributed by atoms with van der Waals surface area (Å²) in [6, 6.07) is 4.22. The molecule has 2 aliphatic heterocycles. The second-order valence-corrected chi connectivity index (χ2v) is 24.5. The maximum atomic E-state index is 6.11. The van der Waals surface area contributed by atoms with Crippen molar-refractivity contribution in [3.05, 3.63) is 46.0 Å². The second-order valence-electron chi connectivity index (χ2n) is 5.78. The second kappa shape index (κ2) is 9.24. The number of nitrogens with zero attached hydrogens (tertiary/aromatic N) is 2. The van der Waals surface area contributed by atoms with Gasteiger partial charge in [0.15, 0.2) is 0 Å². The average Bonchev–Trinajstić information content (AvgIpc) is 2.55. The quantitative estimate of drug-likeness (QED) is 0.419. The Balaban J connectivity index is 0.000000188. The van der Waals surface area contributed by atoms with E-state index in [2.05, 4.69) is 60.9 Å². The Labute approximate surface area is 151 Å². The molecule has 0 fully saturated rings. The first kappa shape index (κ1) is 19.0. The molecule has 0 aromatic heterocycles. The van der Waals surface area contributed by atoms with Gasteiger partial charge in [0.25, 0.3) is 0 Å². The molecular weight excluding hydrogens is 434 g/mol. The van der Waals surface area contributed by atoms with E-state index in [-0.39, 0.29) is 0 Å². The maximum absolute atomic E-state index is 6.11. The number of fused-ring (bicyclic) bond motifs is 3. The molecule has 3 rings (SSSR count). The summed E-state index contributed by atoms with van der Waals surface area (Å²) >= 11 is -2.43. The van der Waals surface area contributed by atoms with Crippen molar-refractivity contribution in [2.45, 2.75) is 35.6 Å². The molecule has 1 aromatic carbocycles. The van der Waals surface area contributed by atoms with Gasteiger partial charge in [-0.15, -0.1) is 36.6 Å². The van der Waals surface area contributed by atoms with Gasteiger partial charge in [-0.25, -0.2) is 0 Å². The van der Waals surface area contributed by atoms with Crippen molar-refractivity contribution in [3.63, 3.8) is 0 Å². The standard InChI is InChI=1S/C12H10N2.2C3H7.2ClH.Sn/c1-3-9-5-6-10-4-2-8-14-12(10)11(9)13-7-1;2*1-3-2;;;/h1-6H,7-8H2;2*1,3H2,2H3;2*1H;/q-2;;;;;+2/p-2. The van der Waals surface area contributed by atoms with Gasteiger partial charge in [-0.05, 0) is 11.1 Å². The molecule has 0 amide bonds. The molecule has 0 spiro atoms. The summed E-state index contributed by atoms with van der Waals surface area (Å²) in [4.78, 5) is 0. The van der Waals surface area contributed by atoms with E-state index in [4.69, 9.17) is 17.8 Å². The number of halogens is 2. The fourth-order valence-corrected chi connectivity index (χ4v) is 12.7. The van der Waals surface area contributed by atoms with Crippen LogP contribution in [-0.4, -0.2) is 29.2 Å². The van der Waals surface area contributed by atoms with Crippen molar-refractivity contribution in [2.75, 3.05) is 13.1 Å². The Morgan fingerprint density at radius 3 is 1.70 bits per heavy atom. The van der Waals surface area contributed by atoms with Crippen molar-refractivity contribution in [1.82, 2.24) is 0 Å². The zero-order valence-corrected chi connectivity index (χ0v) is 18.2. The number of rotatable bonds is 4. The van der Waals surface area contributed by atoms with Crippen LogP contribution in [0.3, 0.4) is 0 Å². The van der Waals surface area contributed by atoms with Crippen LogP contribution in [0.4, 0.5) is 11.4 Å². The van der Waals surface area contributed by atoms with Crippen molar-refractivity contribution in [3.8, 4) is 0 Å². The van der Waals surface area contributed by atoms with E-state index in [0.29, 0.717) is 0 Å². The molecule has 0 radical (unpaired) electrons. The van der Waals surface area contributed by atoms with Crippen molar-refractivity contribution >= 4 is 57.5 Å². The minimum absolute atomic E-state index is 0.780. The summed E-state index contributed by atoms with van der Waals surface area (Å²) in [5.74, 6) is 0. The van der Waals surface area contributed by atoms with Crippen LogP contribution >= 0.6 is 17.8 Å². The first-order valence-electron chi connectivity index (χ1n) is 8.30. The molecule has 0 unspecified atom stereocenters. The zero-order chi connectivity index (χ0) is 16.7. The Kier molecular flexibility index (Phi) is 7.63. The van der Waals surface area contributed by atoms with Gasteiger partial charge in [-0.2, -0.15) is 0 Å². The monoisotopic (exact) mass is 458 g/mol. The molecule has 0 saturated heterocycles. The fourth-order valence-electron chi connectivity index (χ4n) is 2.72. The van der Waals surface area contributed by atoms with E-state index >= 15 is 0 Å². The van der Waals surface area contributed by atoms with E-state index in [1.807, 2.05) is 0 Å². The summed E-state index contributed by atoms with van der Waals surface area (Å²) in [7, 11) is 12.2. The zero-order valence-electron chi connectivity index (χ0n) is 13.9. The predicted octanol–water partition coefficient (Wildman–Crippen LogP) is 7.48. The van der Waals surface area contributed by atoms with Crippen LogP contribution in [0, 0.1) is 0 Å². The Morgan fingerprint density at radius 1 is 0.870 bits per heavy atom. The SMILES string of the molecule is C1=Cc2ccc3c(c2[N-]C1)[N-]CC=C3.CC[CH2][Sn]([Cl])([Cl])[CH2]CC. The van der Waals surface area contributed by atoms with Crippen molar-refractivity contribution in [2.24, 2.45) is 0 Å². The van der Waals surface area contributed by atoms with Crippen LogP contribution in [0.25, 0.3) is 22.8 Å². The van der Waals surface area contributed by atoms with Gasteiger partial charge in [-0.3, -0.25) is 0 Å². The molecule has 0 aliphatic carbocycles. The summed E-state index contributed by atoms with van der Waals surface area (Å²) in [6.07, 6.45) is 10.7. The first-order valence-corrected chi connectivity index (χ1v) is 19.6. The third kappa shape index (κ3) is 5.61. The van der Waals surface area contributed by atoms with Gasteiger partial charge in [0.2, 0.25) is 0 Å². The van der Waals surface area contributed by atoms with E-state index in [0.717, 1.165) is 46.2 Å². The molecule has 0 bridgehead atoms. The molecule has 2 heterocycles. The fraction of sp³-hybridized carbons (Fsp3) is 0.444. The van der Waals surface area contributed by atoms with E-state index < -0.39 is 16.1 Å². The van der Waals surface area contributed by atoms with Gasteiger partial charge >= 0.3 is 69.5 Å². The Hall–Kier alpha value is -0.321. The van der Waals surface area contributed by atoms with E-state index in [1.165, 1.54) is 11.1 Å². The molecule has 23 heavy (non-hydrogen) atoms. The van der Waals surface area contributed by atoms with Gasteiger partial charge in [0, 0.05) is 0 Å². The molecule has 0 atom stereocenters. The van der Waals surface area contributed by atoms with Crippen LogP contribution in [0.5, 0.6) is 0 Å². The molecule has 0 N–H and O–H groups in total. The molecule has 2 nitrogen and oxygen atoms in total. The third-order valence-electron chi connectivity index (χ3n) is 3.75. The summed E-state index contributed by atoms with van der Waals surface area (Å²) < 4.78 is 2.23. The summed E-state index contributed by atoms with van der Waals surface area (Å²) in [5, 5.41) is 8.98. The summed E-state index contributed by atoms with van der Waals surface area (Å²) in [6.45, 7) is 5.85. The topological polar surface area (TPSA) is 28.2 Å². The number of hydrogen-bond donors (Lipinski definition) is 0. The first-order chi connectivity index (χ1) is 11.1. The Bertz CT molecular complexity index is 534. The third-order valence-corrected chi connectivity index (χ3v) is 15.9. The summed E-state index contributed by atoms with van der Waals surface area (Å²) in [5.41, 5.74) is 4.51. The van der Waals surface area contributed by atoms with Gasteiger partial charge in [-0.1, -0.05) is 24.3 Å². The molecular formula is C18H24Cl2N2Sn-2. The molecule has 126 valence electrons. The van der Waals surface area contributed by atoms with Gasteiger partial charge in [0.05, 0.1) is 0 Å². The van der Waals surface area contributed by atoms with Crippen LogP contribution in [-0.2, 0) is 0 Å². The Morgan fingerprint density at radius 2 is 1.30 bits per heavy atom.